The Morgan fingerprint density at radius 3 is 1.77 bits per heavy atom. The van der Waals surface area contributed by atoms with Gasteiger partial charge in [-0.1, -0.05) is 177 Å². The molecule has 0 saturated carbocycles. The molecule has 3 aliphatic rings. The molecular formula is C62H42N2S. The van der Waals surface area contributed by atoms with Crippen LogP contribution in [0.5, 0.6) is 0 Å². The highest BCUT2D eigenvalue weighted by atomic mass is 32.2. The summed E-state index contributed by atoms with van der Waals surface area (Å²) in [6.45, 7) is 4.73. The van der Waals surface area contributed by atoms with Crippen molar-refractivity contribution in [1.29, 1.82) is 0 Å². The lowest BCUT2D eigenvalue weighted by Crippen LogP contribution is -2.36. The molecule has 65 heavy (non-hydrogen) atoms. The van der Waals surface area contributed by atoms with Gasteiger partial charge in [0, 0.05) is 48.7 Å². The van der Waals surface area contributed by atoms with Crippen LogP contribution in [0.15, 0.2) is 228 Å². The van der Waals surface area contributed by atoms with Crippen molar-refractivity contribution in [2.75, 3.05) is 4.90 Å². The third-order valence-electron chi connectivity index (χ3n) is 14.8. The second-order valence-corrected chi connectivity index (χ2v) is 19.5. The van der Waals surface area contributed by atoms with E-state index in [1.807, 2.05) is 11.8 Å². The second-order valence-electron chi connectivity index (χ2n) is 18.4. The van der Waals surface area contributed by atoms with E-state index in [2.05, 4.69) is 242 Å². The van der Waals surface area contributed by atoms with E-state index in [4.69, 9.17) is 0 Å². The molecule has 0 saturated heterocycles. The fourth-order valence-electron chi connectivity index (χ4n) is 12.1. The first-order chi connectivity index (χ1) is 32.0. The van der Waals surface area contributed by atoms with Gasteiger partial charge in [0.2, 0.25) is 0 Å². The van der Waals surface area contributed by atoms with Crippen molar-refractivity contribution >= 4 is 61.4 Å². The van der Waals surface area contributed by atoms with E-state index in [1.54, 1.807) is 0 Å². The van der Waals surface area contributed by atoms with Crippen molar-refractivity contribution in [2.24, 2.45) is 0 Å². The van der Waals surface area contributed by atoms with Gasteiger partial charge in [-0.3, -0.25) is 0 Å². The van der Waals surface area contributed by atoms with E-state index >= 15 is 0 Å². The Hall–Kier alpha value is -7.59. The molecule has 0 atom stereocenters. The second kappa shape index (κ2) is 13.5. The Bertz CT molecular complexity index is 3750. The number of fused-ring (bicyclic) bond motifs is 14. The molecular weight excluding hydrogens is 805 g/mol. The summed E-state index contributed by atoms with van der Waals surface area (Å²) in [6, 6.07) is 82.3. The molecule has 0 radical (unpaired) electrons. The van der Waals surface area contributed by atoms with Gasteiger partial charge in [-0.2, -0.15) is 0 Å². The molecule has 0 fully saturated rings. The smallest absolute Gasteiger partial charge is 0.0736 e. The SMILES string of the molecule is CC1(C)c2ccccc2-c2cc(N(c3ccc4c(c3)C3(c5ccccc5Sc5ccccc53)c3cccc5cccc-4c35)c3ccc4c5ccccc5n(-c5ccccc5)c4c3)ccc21. The third kappa shape index (κ3) is 4.96. The molecule has 2 aliphatic carbocycles. The lowest BCUT2D eigenvalue weighted by atomic mass is 9.59. The molecule has 3 heteroatoms. The van der Waals surface area contributed by atoms with Gasteiger partial charge >= 0.3 is 0 Å². The van der Waals surface area contributed by atoms with Gasteiger partial charge in [-0.25, -0.2) is 0 Å². The van der Waals surface area contributed by atoms with E-state index in [9.17, 15) is 0 Å². The van der Waals surface area contributed by atoms with Crippen LogP contribution in [0.1, 0.15) is 47.2 Å². The minimum absolute atomic E-state index is 0.1000. The van der Waals surface area contributed by atoms with E-state index in [1.165, 1.54) is 98.0 Å². The number of hydrogen-bond acceptors (Lipinski definition) is 2. The highest BCUT2D eigenvalue weighted by Crippen LogP contribution is 2.62. The topological polar surface area (TPSA) is 8.17 Å². The van der Waals surface area contributed by atoms with Crippen LogP contribution >= 0.6 is 11.8 Å². The summed E-state index contributed by atoms with van der Waals surface area (Å²) in [5.74, 6) is 0. The third-order valence-corrected chi connectivity index (χ3v) is 16.0. The van der Waals surface area contributed by atoms with Crippen LogP contribution in [-0.2, 0) is 10.8 Å². The summed E-state index contributed by atoms with van der Waals surface area (Å²) in [7, 11) is 0. The number of benzene rings is 10. The van der Waals surface area contributed by atoms with Crippen LogP contribution in [-0.4, -0.2) is 4.57 Å². The summed E-state index contributed by atoms with van der Waals surface area (Å²) >= 11 is 1.89. The lowest BCUT2D eigenvalue weighted by Gasteiger charge is -2.46. The molecule has 0 unspecified atom stereocenters. The minimum atomic E-state index is -0.562. The van der Waals surface area contributed by atoms with Crippen LogP contribution in [0.3, 0.4) is 0 Å². The van der Waals surface area contributed by atoms with Gasteiger partial charge in [0.1, 0.15) is 0 Å². The normalized spacial score (nSPS) is 14.5. The Morgan fingerprint density at radius 1 is 0.385 bits per heavy atom. The molecule has 0 N–H and O–H groups in total. The van der Waals surface area contributed by atoms with Gasteiger partial charge in [-0.15, -0.1) is 0 Å². The van der Waals surface area contributed by atoms with E-state index in [-0.39, 0.29) is 5.41 Å². The van der Waals surface area contributed by atoms with Crippen molar-refractivity contribution < 1.29 is 0 Å². The molecule has 10 aromatic carbocycles. The molecule has 1 aromatic heterocycles. The maximum Gasteiger partial charge on any atom is 0.0736 e. The van der Waals surface area contributed by atoms with Crippen LogP contribution < -0.4 is 4.90 Å². The minimum Gasteiger partial charge on any atom is -0.310 e. The van der Waals surface area contributed by atoms with E-state index < -0.39 is 5.41 Å². The van der Waals surface area contributed by atoms with Gasteiger partial charge in [0.05, 0.1) is 16.4 Å². The predicted octanol–water partition coefficient (Wildman–Crippen LogP) is 16.5. The molecule has 1 aliphatic heterocycles. The van der Waals surface area contributed by atoms with Crippen molar-refractivity contribution in [2.45, 2.75) is 34.5 Å². The average molecular weight is 847 g/mol. The number of hydrogen-bond donors (Lipinski definition) is 0. The van der Waals surface area contributed by atoms with Gasteiger partial charge in [0.15, 0.2) is 0 Å². The van der Waals surface area contributed by atoms with Crippen molar-refractivity contribution in [3.05, 3.63) is 252 Å². The van der Waals surface area contributed by atoms with Crippen LogP contribution in [0.4, 0.5) is 17.1 Å². The maximum atomic E-state index is 2.54. The maximum absolute atomic E-state index is 2.54. The molecule has 2 heterocycles. The number of para-hydroxylation sites is 2. The van der Waals surface area contributed by atoms with Gasteiger partial charge < -0.3 is 9.47 Å². The molecule has 14 rings (SSSR count). The van der Waals surface area contributed by atoms with Crippen molar-refractivity contribution in [3.8, 4) is 27.9 Å². The van der Waals surface area contributed by atoms with Crippen LogP contribution in [0, 0.1) is 0 Å². The van der Waals surface area contributed by atoms with Gasteiger partial charge in [0.25, 0.3) is 0 Å². The fraction of sp³-hybridized carbons (Fsp3) is 0.0645. The van der Waals surface area contributed by atoms with E-state index in [0.717, 1.165) is 22.7 Å². The zero-order valence-corrected chi connectivity index (χ0v) is 36.9. The molecule has 0 amide bonds. The largest absolute Gasteiger partial charge is 0.310 e. The van der Waals surface area contributed by atoms with Crippen molar-refractivity contribution in [1.82, 2.24) is 4.57 Å². The Kier molecular flexibility index (Phi) is 7.63. The van der Waals surface area contributed by atoms with E-state index in [0.29, 0.717) is 0 Å². The molecule has 11 aromatic rings. The van der Waals surface area contributed by atoms with Crippen molar-refractivity contribution in [3.63, 3.8) is 0 Å². The molecule has 0 bridgehead atoms. The zero-order valence-electron chi connectivity index (χ0n) is 36.1. The average Bonchev–Trinajstić information content (AvgIpc) is 3.80. The number of aromatic nitrogens is 1. The summed E-state index contributed by atoms with van der Waals surface area (Å²) < 4.78 is 2.43. The zero-order chi connectivity index (χ0) is 43.0. The summed E-state index contributed by atoms with van der Waals surface area (Å²) in [5, 5.41) is 5.09. The standard InChI is InChI=1S/C62H42N2S/c1-61(2)50-23-8-6-20-44(50)49-36-41(32-35-51(49)61)63(43-31-34-47-46-21-7-11-27-56(46)64(57(47)38-43)40-18-4-3-5-19-40)42-30-33-45-48-22-14-16-39-17-15-26-54(60(39)48)62(55(45)37-42)52-24-9-12-28-58(52)65-59-29-13-10-25-53(59)62/h3-38H,1-2H3. The highest BCUT2D eigenvalue weighted by molar-refractivity contribution is 7.99. The molecule has 306 valence electrons. The molecule has 2 nitrogen and oxygen atoms in total. The van der Waals surface area contributed by atoms with Gasteiger partial charge in [-0.05, 0) is 133 Å². The first-order valence-electron chi connectivity index (χ1n) is 22.7. The Morgan fingerprint density at radius 2 is 0.954 bits per heavy atom. The number of rotatable bonds is 4. The summed E-state index contributed by atoms with van der Waals surface area (Å²) in [6.07, 6.45) is 0. The fourth-order valence-corrected chi connectivity index (χ4v) is 13.3. The predicted molar refractivity (Wildman–Crippen MR) is 272 cm³/mol. The summed E-state index contributed by atoms with van der Waals surface area (Å²) in [4.78, 5) is 5.12. The first kappa shape index (κ1) is 36.8. The highest BCUT2D eigenvalue weighted by Gasteiger charge is 2.49. The van der Waals surface area contributed by atoms with Crippen LogP contribution in [0.2, 0.25) is 0 Å². The first-order valence-corrected chi connectivity index (χ1v) is 23.5. The summed E-state index contributed by atoms with van der Waals surface area (Å²) in [5.41, 5.74) is 19.5. The Labute approximate surface area is 383 Å². The number of nitrogens with zero attached hydrogens (tertiary/aromatic N) is 2. The Balaban J connectivity index is 1.09. The lowest BCUT2D eigenvalue weighted by molar-refractivity contribution is 0.660. The monoisotopic (exact) mass is 846 g/mol. The quantitative estimate of drug-likeness (QED) is 0.174. The van der Waals surface area contributed by atoms with Crippen LogP contribution in [0.25, 0.3) is 60.5 Å². The molecule has 1 spiro atoms. The number of anilines is 3.